The van der Waals surface area contributed by atoms with E-state index in [0.717, 1.165) is 12.8 Å². The first-order valence-electron chi connectivity index (χ1n) is 5.87. The zero-order chi connectivity index (χ0) is 11.9. The lowest BCUT2D eigenvalue weighted by molar-refractivity contribution is -0.0725. The molecule has 0 saturated carbocycles. The van der Waals surface area contributed by atoms with Gasteiger partial charge in [-0.1, -0.05) is 43.7 Å². The van der Waals surface area contributed by atoms with Crippen LogP contribution in [0.2, 0.25) is 0 Å². The van der Waals surface area contributed by atoms with Crippen LogP contribution in [0.3, 0.4) is 0 Å². The lowest BCUT2D eigenvalue weighted by Gasteiger charge is -2.27. The van der Waals surface area contributed by atoms with Crippen LogP contribution in [-0.4, -0.2) is 19.3 Å². The molecule has 2 nitrogen and oxygen atoms in total. The normalized spacial score (nSPS) is 14.7. The van der Waals surface area contributed by atoms with Gasteiger partial charge in [0.2, 0.25) is 0 Å². The van der Waals surface area contributed by atoms with E-state index in [9.17, 15) is 0 Å². The van der Waals surface area contributed by atoms with Gasteiger partial charge in [-0.25, -0.2) is 0 Å². The van der Waals surface area contributed by atoms with Gasteiger partial charge in [0.05, 0.1) is 18.8 Å². The average Bonchev–Trinajstić information content (AvgIpc) is 2.31. The molecular formula is C14H22O2. The number of rotatable bonds is 7. The molecule has 0 heterocycles. The van der Waals surface area contributed by atoms with Gasteiger partial charge in [-0.2, -0.15) is 0 Å². The molecule has 0 N–H and O–H groups in total. The molecule has 1 rings (SSSR count). The zero-order valence-electron chi connectivity index (χ0n) is 10.5. The molecule has 2 heteroatoms. The van der Waals surface area contributed by atoms with Gasteiger partial charge in [-0.15, -0.1) is 0 Å². The molecule has 0 fully saturated rings. The molecule has 1 atom stereocenters. The minimum atomic E-state index is -0.149. The van der Waals surface area contributed by atoms with Crippen molar-refractivity contribution in [3.05, 3.63) is 35.9 Å². The Morgan fingerprint density at radius 3 is 2.44 bits per heavy atom. The van der Waals surface area contributed by atoms with Gasteiger partial charge >= 0.3 is 0 Å². The number of methoxy groups -OCH3 is 1. The summed E-state index contributed by atoms with van der Waals surface area (Å²) in [6, 6.07) is 10.2. The molecule has 0 bridgehead atoms. The number of hydrogen-bond donors (Lipinski definition) is 0. The molecule has 1 aromatic carbocycles. The van der Waals surface area contributed by atoms with Crippen LogP contribution in [0, 0.1) is 0 Å². The summed E-state index contributed by atoms with van der Waals surface area (Å²) in [5, 5.41) is 0. The van der Waals surface area contributed by atoms with Crippen LogP contribution >= 0.6 is 0 Å². The molecule has 1 aromatic rings. The summed E-state index contributed by atoms with van der Waals surface area (Å²) in [5.41, 5.74) is 1.06. The Kier molecular flexibility index (Phi) is 5.50. The summed E-state index contributed by atoms with van der Waals surface area (Å²) < 4.78 is 11.2. The third kappa shape index (κ3) is 4.33. The minimum absolute atomic E-state index is 0.149. The van der Waals surface area contributed by atoms with E-state index in [2.05, 4.69) is 26.0 Å². The highest BCUT2D eigenvalue weighted by atomic mass is 16.5. The average molecular weight is 222 g/mol. The lowest BCUT2D eigenvalue weighted by Crippen LogP contribution is -2.33. The topological polar surface area (TPSA) is 18.5 Å². The summed E-state index contributed by atoms with van der Waals surface area (Å²) in [4.78, 5) is 0. The van der Waals surface area contributed by atoms with Gasteiger partial charge in [0, 0.05) is 7.11 Å². The second kappa shape index (κ2) is 6.66. The van der Waals surface area contributed by atoms with Crippen molar-refractivity contribution in [2.24, 2.45) is 0 Å². The van der Waals surface area contributed by atoms with Gasteiger partial charge < -0.3 is 9.47 Å². The quantitative estimate of drug-likeness (QED) is 0.704. The Bertz CT molecular complexity index is 284. The van der Waals surface area contributed by atoms with Gasteiger partial charge in [0.15, 0.2) is 0 Å². The van der Waals surface area contributed by atoms with Crippen molar-refractivity contribution in [1.82, 2.24) is 0 Å². The molecule has 0 amide bonds. The van der Waals surface area contributed by atoms with Crippen LogP contribution in [0.5, 0.6) is 0 Å². The molecule has 0 aliphatic rings. The third-order valence-corrected chi connectivity index (χ3v) is 2.79. The van der Waals surface area contributed by atoms with Crippen LogP contribution in [0.15, 0.2) is 30.3 Å². The summed E-state index contributed by atoms with van der Waals surface area (Å²) in [6.45, 7) is 5.56. The number of hydrogen-bond acceptors (Lipinski definition) is 2. The molecule has 0 aliphatic heterocycles. The smallest absolute Gasteiger partial charge is 0.0883 e. The first-order valence-corrected chi connectivity index (χ1v) is 5.87. The zero-order valence-corrected chi connectivity index (χ0v) is 10.5. The van der Waals surface area contributed by atoms with E-state index in [1.807, 2.05) is 18.2 Å². The molecular weight excluding hydrogens is 200 g/mol. The fourth-order valence-electron chi connectivity index (χ4n) is 1.72. The third-order valence-electron chi connectivity index (χ3n) is 2.79. The predicted molar refractivity (Wildman–Crippen MR) is 66.4 cm³/mol. The van der Waals surface area contributed by atoms with Gasteiger partial charge in [0.25, 0.3) is 0 Å². The van der Waals surface area contributed by atoms with Crippen LogP contribution in [0.1, 0.15) is 32.3 Å². The Balaban J connectivity index is 2.34. The van der Waals surface area contributed by atoms with Gasteiger partial charge in [0.1, 0.15) is 0 Å². The summed E-state index contributed by atoms with van der Waals surface area (Å²) in [5.74, 6) is 0. The summed E-state index contributed by atoms with van der Waals surface area (Å²) in [6.07, 6.45) is 2.14. The molecule has 0 aliphatic carbocycles. The van der Waals surface area contributed by atoms with Gasteiger partial charge in [-0.3, -0.25) is 0 Å². The maximum atomic E-state index is 5.70. The van der Waals surface area contributed by atoms with Crippen LogP contribution in [-0.2, 0) is 16.1 Å². The Hall–Kier alpha value is -0.860. The van der Waals surface area contributed by atoms with Crippen LogP contribution < -0.4 is 0 Å². The molecule has 0 saturated heterocycles. The standard InChI is InChI=1S/C14H22O2/c1-4-10-14(2,15-3)12-16-11-13-8-6-5-7-9-13/h5-9H,4,10-12H2,1-3H3. The van der Waals surface area contributed by atoms with Crippen molar-refractivity contribution in [2.75, 3.05) is 13.7 Å². The van der Waals surface area contributed by atoms with Crippen molar-refractivity contribution in [2.45, 2.75) is 38.9 Å². The van der Waals surface area contributed by atoms with E-state index in [1.54, 1.807) is 7.11 Å². The van der Waals surface area contributed by atoms with E-state index < -0.39 is 0 Å². The largest absolute Gasteiger partial charge is 0.376 e. The van der Waals surface area contributed by atoms with Crippen LogP contribution in [0.4, 0.5) is 0 Å². The van der Waals surface area contributed by atoms with Crippen molar-refractivity contribution in [1.29, 1.82) is 0 Å². The highest BCUT2D eigenvalue weighted by molar-refractivity contribution is 5.13. The van der Waals surface area contributed by atoms with E-state index in [-0.39, 0.29) is 5.60 Å². The minimum Gasteiger partial charge on any atom is -0.376 e. The molecule has 0 aromatic heterocycles. The lowest BCUT2D eigenvalue weighted by atomic mass is 10.0. The van der Waals surface area contributed by atoms with Crippen molar-refractivity contribution in [3.63, 3.8) is 0 Å². The molecule has 0 spiro atoms. The van der Waals surface area contributed by atoms with E-state index in [4.69, 9.17) is 9.47 Å². The van der Waals surface area contributed by atoms with Crippen molar-refractivity contribution in [3.8, 4) is 0 Å². The number of ether oxygens (including phenoxy) is 2. The second-order valence-electron chi connectivity index (χ2n) is 4.38. The van der Waals surface area contributed by atoms with Crippen molar-refractivity contribution < 1.29 is 9.47 Å². The van der Waals surface area contributed by atoms with E-state index in [1.165, 1.54) is 5.56 Å². The van der Waals surface area contributed by atoms with E-state index in [0.29, 0.717) is 13.2 Å². The fraction of sp³-hybridized carbons (Fsp3) is 0.571. The Morgan fingerprint density at radius 2 is 1.88 bits per heavy atom. The molecule has 90 valence electrons. The first-order chi connectivity index (χ1) is 7.70. The Labute approximate surface area is 98.6 Å². The second-order valence-corrected chi connectivity index (χ2v) is 4.38. The SMILES string of the molecule is CCCC(C)(COCc1ccccc1)OC. The summed E-state index contributed by atoms with van der Waals surface area (Å²) in [7, 11) is 1.75. The Morgan fingerprint density at radius 1 is 1.19 bits per heavy atom. The predicted octanol–water partition coefficient (Wildman–Crippen LogP) is 3.41. The maximum Gasteiger partial charge on any atom is 0.0883 e. The van der Waals surface area contributed by atoms with Crippen LogP contribution in [0.25, 0.3) is 0 Å². The number of benzene rings is 1. The first kappa shape index (κ1) is 13.2. The van der Waals surface area contributed by atoms with Crippen molar-refractivity contribution >= 4 is 0 Å². The maximum absolute atomic E-state index is 5.70. The fourth-order valence-corrected chi connectivity index (χ4v) is 1.72. The highest BCUT2D eigenvalue weighted by Gasteiger charge is 2.22. The summed E-state index contributed by atoms with van der Waals surface area (Å²) >= 11 is 0. The molecule has 1 unspecified atom stereocenters. The highest BCUT2D eigenvalue weighted by Crippen LogP contribution is 2.17. The van der Waals surface area contributed by atoms with E-state index >= 15 is 0 Å². The molecule has 0 radical (unpaired) electrons. The van der Waals surface area contributed by atoms with Gasteiger partial charge in [-0.05, 0) is 18.9 Å². The molecule has 16 heavy (non-hydrogen) atoms. The monoisotopic (exact) mass is 222 g/mol.